The minimum absolute atomic E-state index is 0.325. The summed E-state index contributed by atoms with van der Waals surface area (Å²) in [6.45, 7) is 8.64. The molecule has 0 amide bonds. The van der Waals surface area contributed by atoms with Gasteiger partial charge in [-0.25, -0.2) is 0 Å². The average Bonchev–Trinajstić information content (AvgIpc) is 3.13. The minimum atomic E-state index is -5.62. The molecule has 0 bridgehead atoms. The van der Waals surface area contributed by atoms with Crippen molar-refractivity contribution >= 4 is 10.1 Å². The van der Waals surface area contributed by atoms with Gasteiger partial charge in [-0.15, -0.1) is 0 Å². The van der Waals surface area contributed by atoms with Crippen LogP contribution in [0.4, 0.5) is 13.2 Å². The van der Waals surface area contributed by atoms with Crippen molar-refractivity contribution in [1.82, 2.24) is 0 Å². The lowest BCUT2D eigenvalue weighted by atomic mass is 10.0. The van der Waals surface area contributed by atoms with Gasteiger partial charge < -0.3 is 4.18 Å². The molecule has 7 heteroatoms. The summed E-state index contributed by atoms with van der Waals surface area (Å²) < 4.78 is 63.0. The highest BCUT2D eigenvalue weighted by Crippen LogP contribution is 2.61. The minimum Gasteiger partial charge on any atom is -0.376 e. The molecule has 0 heterocycles. The molecule has 1 aromatic carbocycles. The Bertz CT molecular complexity index is 634. The van der Waals surface area contributed by atoms with Gasteiger partial charge >= 0.3 is 15.6 Å². The third-order valence-electron chi connectivity index (χ3n) is 4.43. The fourth-order valence-electron chi connectivity index (χ4n) is 3.44. The van der Waals surface area contributed by atoms with Gasteiger partial charge in [-0.1, -0.05) is 39.8 Å². The predicted molar refractivity (Wildman–Crippen MR) is 81.4 cm³/mol. The number of rotatable bonds is 5. The summed E-state index contributed by atoms with van der Waals surface area (Å²) in [6.07, 6.45) is 0. The molecule has 0 aromatic heterocycles. The molecule has 2 unspecified atom stereocenters. The van der Waals surface area contributed by atoms with Gasteiger partial charge in [0.15, 0.2) is 0 Å². The summed E-state index contributed by atoms with van der Waals surface area (Å²) in [5.41, 5.74) is -4.41. The quantitative estimate of drug-likeness (QED) is 0.578. The molecule has 1 aliphatic rings. The first-order valence-corrected chi connectivity index (χ1v) is 8.97. The maximum atomic E-state index is 12.3. The molecule has 1 aliphatic carbocycles. The normalized spacial score (nSPS) is 25.0. The first-order valence-electron chi connectivity index (χ1n) is 7.56. The Kier molecular flexibility index (Phi) is 4.72. The van der Waals surface area contributed by atoms with Crippen molar-refractivity contribution in [2.75, 3.05) is 0 Å². The summed E-state index contributed by atoms with van der Waals surface area (Å²) in [6, 6.07) is 5.88. The summed E-state index contributed by atoms with van der Waals surface area (Å²) in [4.78, 5) is 0. The average molecular weight is 350 g/mol. The topological polar surface area (TPSA) is 43.4 Å². The SMILES string of the molecule is CC(C)C1C(c2ccc(OS(=O)(=O)C(F)(F)F)cc2)C1C(C)C. The fraction of sp³-hybridized carbons (Fsp3) is 0.625. The zero-order valence-electron chi connectivity index (χ0n) is 13.5. The molecule has 0 saturated heterocycles. The molecule has 23 heavy (non-hydrogen) atoms. The van der Waals surface area contributed by atoms with Crippen LogP contribution in [-0.4, -0.2) is 13.9 Å². The summed E-state index contributed by atoms with van der Waals surface area (Å²) in [7, 11) is -5.62. The Hall–Kier alpha value is -1.24. The van der Waals surface area contributed by atoms with E-state index in [1.54, 1.807) is 12.1 Å². The van der Waals surface area contributed by atoms with Gasteiger partial charge in [0.1, 0.15) is 5.75 Å². The lowest BCUT2D eigenvalue weighted by Crippen LogP contribution is -2.28. The van der Waals surface area contributed by atoms with E-state index in [9.17, 15) is 21.6 Å². The highest BCUT2D eigenvalue weighted by atomic mass is 32.2. The first kappa shape index (κ1) is 18.1. The standard InChI is InChI=1S/C16H21F3O3S/c1-9(2)13-14(10(3)4)15(13)11-5-7-12(8-6-11)22-23(20,21)16(17,18)19/h5-10,13-15H,1-4H3. The van der Waals surface area contributed by atoms with Gasteiger partial charge in [0.2, 0.25) is 0 Å². The van der Waals surface area contributed by atoms with E-state index < -0.39 is 15.6 Å². The molecule has 3 nitrogen and oxygen atoms in total. The molecule has 1 saturated carbocycles. The van der Waals surface area contributed by atoms with Crippen molar-refractivity contribution in [3.8, 4) is 5.75 Å². The van der Waals surface area contributed by atoms with Crippen molar-refractivity contribution in [2.45, 2.75) is 39.1 Å². The molecule has 1 aromatic rings. The van der Waals surface area contributed by atoms with Gasteiger partial charge in [-0.2, -0.15) is 21.6 Å². The number of hydrogen-bond donors (Lipinski definition) is 0. The van der Waals surface area contributed by atoms with Gasteiger partial charge in [-0.3, -0.25) is 0 Å². The van der Waals surface area contributed by atoms with Crippen molar-refractivity contribution in [3.63, 3.8) is 0 Å². The van der Waals surface area contributed by atoms with Crippen LogP contribution in [0.25, 0.3) is 0 Å². The molecule has 0 spiro atoms. The van der Waals surface area contributed by atoms with E-state index in [1.807, 2.05) is 0 Å². The highest BCUT2D eigenvalue weighted by molar-refractivity contribution is 7.87. The van der Waals surface area contributed by atoms with Crippen LogP contribution in [-0.2, 0) is 10.1 Å². The third kappa shape index (κ3) is 3.65. The van der Waals surface area contributed by atoms with E-state index in [0.29, 0.717) is 29.6 Å². The van der Waals surface area contributed by atoms with Crippen molar-refractivity contribution in [1.29, 1.82) is 0 Å². The van der Waals surface area contributed by atoms with E-state index in [2.05, 4.69) is 31.9 Å². The highest BCUT2D eigenvalue weighted by Gasteiger charge is 2.53. The maximum Gasteiger partial charge on any atom is 0.534 e. The predicted octanol–water partition coefficient (Wildman–Crippen LogP) is 4.56. The molecule has 2 rings (SSSR count). The van der Waals surface area contributed by atoms with Crippen molar-refractivity contribution in [2.24, 2.45) is 23.7 Å². The molecule has 2 atom stereocenters. The molecule has 0 N–H and O–H groups in total. The van der Waals surface area contributed by atoms with Gasteiger partial charge in [0.25, 0.3) is 0 Å². The molecular formula is C16H21F3O3S. The number of alkyl halides is 3. The molecule has 0 aliphatic heterocycles. The Labute approximate surface area is 135 Å². The monoisotopic (exact) mass is 350 g/mol. The number of hydrogen-bond acceptors (Lipinski definition) is 3. The second-order valence-corrected chi connectivity index (χ2v) is 8.26. The van der Waals surface area contributed by atoms with Crippen LogP contribution in [0.1, 0.15) is 39.2 Å². The Balaban J connectivity index is 2.15. The number of halogens is 3. The van der Waals surface area contributed by atoms with Crippen LogP contribution >= 0.6 is 0 Å². The largest absolute Gasteiger partial charge is 0.534 e. The molecular weight excluding hydrogens is 329 g/mol. The first-order chi connectivity index (χ1) is 10.5. The maximum absolute atomic E-state index is 12.3. The molecule has 1 fully saturated rings. The molecule has 130 valence electrons. The summed E-state index contributed by atoms with van der Waals surface area (Å²) in [5.74, 6) is 2.17. The second kappa shape index (κ2) is 6.00. The van der Waals surface area contributed by atoms with Crippen LogP contribution in [0.3, 0.4) is 0 Å². The van der Waals surface area contributed by atoms with E-state index in [4.69, 9.17) is 0 Å². The Morgan fingerprint density at radius 2 is 1.39 bits per heavy atom. The molecule has 0 radical (unpaired) electrons. The van der Waals surface area contributed by atoms with Crippen LogP contribution in [0, 0.1) is 23.7 Å². The van der Waals surface area contributed by atoms with Gasteiger partial charge in [-0.05, 0) is 47.3 Å². The van der Waals surface area contributed by atoms with E-state index in [0.717, 1.165) is 5.56 Å². The Morgan fingerprint density at radius 1 is 0.957 bits per heavy atom. The van der Waals surface area contributed by atoms with Crippen LogP contribution < -0.4 is 4.18 Å². The van der Waals surface area contributed by atoms with E-state index in [-0.39, 0.29) is 5.75 Å². The lowest BCUT2D eigenvalue weighted by molar-refractivity contribution is -0.0500. The van der Waals surface area contributed by atoms with E-state index >= 15 is 0 Å². The zero-order chi connectivity index (χ0) is 17.6. The Morgan fingerprint density at radius 3 is 1.74 bits per heavy atom. The van der Waals surface area contributed by atoms with E-state index in [1.165, 1.54) is 12.1 Å². The van der Waals surface area contributed by atoms with Crippen molar-refractivity contribution < 1.29 is 25.8 Å². The van der Waals surface area contributed by atoms with Gasteiger partial charge in [0.05, 0.1) is 0 Å². The third-order valence-corrected chi connectivity index (χ3v) is 5.41. The van der Waals surface area contributed by atoms with Crippen molar-refractivity contribution in [3.05, 3.63) is 29.8 Å². The smallest absolute Gasteiger partial charge is 0.376 e. The zero-order valence-corrected chi connectivity index (χ0v) is 14.3. The second-order valence-electron chi connectivity index (χ2n) is 6.72. The van der Waals surface area contributed by atoms with Crippen LogP contribution in [0.15, 0.2) is 24.3 Å². The van der Waals surface area contributed by atoms with Crippen LogP contribution in [0.5, 0.6) is 5.75 Å². The fourth-order valence-corrected chi connectivity index (χ4v) is 3.90. The number of benzene rings is 1. The van der Waals surface area contributed by atoms with Gasteiger partial charge in [0, 0.05) is 0 Å². The summed E-state index contributed by atoms with van der Waals surface area (Å²) >= 11 is 0. The van der Waals surface area contributed by atoms with Crippen LogP contribution in [0.2, 0.25) is 0 Å². The summed E-state index contributed by atoms with van der Waals surface area (Å²) in [5, 5.41) is 0. The lowest BCUT2D eigenvalue weighted by Gasteiger charge is -2.10.